The average Bonchev–Trinajstić information content (AvgIpc) is 2.71. The molecule has 0 bridgehead atoms. The number of rotatable bonds is 2. The number of hydrogen-bond acceptors (Lipinski definition) is 6. The number of aryl methyl sites for hydroxylation is 2. The summed E-state index contributed by atoms with van der Waals surface area (Å²) >= 11 is 1.65. The van der Waals surface area contributed by atoms with Crippen LogP contribution in [-0.2, 0) is 0 Å². The monoisotopic (exact) mass is 224 g/mol. The van der Waals surface area contributed by atoms with Crippen molar-refractivity contribution >= 4 is 17.3 Å². The Balaban J connectivity index is 2.40. The van der Waals surface area contributed by atoms with E-state index in [1.165, 1.54) is 0 Å². The van der Waals surface area contributed by atoms with Crippen LogP contribution in [0.3, 0.4) is 0 Å². The van der Waals surface area contributed by atoms with Crippen molar-refractivity contribution in [3.05, 3.63) is 15.6 Å². The summed E-state index contributed by atoms with van der Waals surface area (Å²) in [5.74, 6) is 0.327. The van der Waals surface area contributed by atoms with Crippen LogP contribution in [-0.4, -0.2) is 25.2 Å². The lowest BCUT2D eigenvalue weighted by molar-refractivity contribution is 0.554. The van der Waals surface area contributed by atoms with E-state index in [9.17, 15) is 0 Å². The smallest absolute Gasteiger partial charge is 0.240 e. The Morgan fingerprint density at radius 1 is 1.40 bits per heavy atom. The second-order valence-electron chi connectivity index (χ2n) is 3.34. The summed E-state index contributed by atoms with van der Waals surface area (Å²) in [4.78, 5) is 5.51. The molecule has 0 radical (unpaired) electrons. The average molecular weight is 224 g/mol. The molecule has 2 aromatic heterocycles. The van der Waals surface area contributed by atoms with Gasteiger partial charge in [-0.3, -0.25) is 0 Å². The van der Waals surface area contributed by atoms with Gasteiger partial charge in [-0.05, 0) is 31.2 Å². The Hall–Kier alpha value is -1.50. The van der Waals surface area contributed by atoms with E-state index in [1.54, 1.807) is 16.0 Å². The molecule has 2 N–H and O–H groups in total. The molecule has 15 heavy (non-hydrogen) atoms. The maximum absolute atomic E-state index is 5.65. The third kappa shape index (κ3) is 1.70. The van der Waals surface area contributed by atoms with Crippen molar-refractivity contribution in [2.45, 2.75) is 26.8 Å². The SMILES string of the molecule is Cc1nc(C)c(C(C)n2nnnc2N)s1. The molecule has 7 heteroatoms. The minimum atomic E-state index is 0.0335. The van der Waals surface area contributed by atoms with Crippen molar-refractivity contribution in [1.29, 1.82) is 0 Å². The molecule has 1 unspecified atom stereocenters. The van der Waals surface area contributed by atoms with Gasteiger partial charge in [0.25, 0.3) is 0 Å². The predicted octanol–water partition coefficient (Wildman–Crippen LogP) is 0.938. The topological polar surface area (TPSA) is 82.5 Å². The molecule has 80 valence electrons. The first-order valence-electron chi connectivity index (χ1n) is 4.57. The first kappa shape index (κ1) is 10.0. The zero-order valence-corrected chi connectivity index (χ0v) is 9.62. The van der Waals surface area contributed by atoms with E-state index < -0.39 is 0 Å². The third-order valence-electron chi connectivity index (χ3n) is 2.20. The van der Waals surface area contributed by atoms with Crippen LogP contribution in [0.5, 0.6) is 0 Å². The van der Waals surface area contributed by atoms with E-state index in [1.807, 2.05) is 20.8 Å². The van der Waals surface area contributed by atoms with Gasteiger partial charge < -0.3 is 5.73 Å². The first-order valence-corrected chi connectivity index (χ1v) is 5.38. The Morgan fingerprint density at radius 2 is 2.13 bits per heavy atom. The van der Waals surface area contributed by atoms with Crippen LogP contribution in [0.15, 0.2) is 0 Å². The molecule has 2 heterocycles. The fourth-order valence-electron chi connectivity index (χ4n) is 1.52. The quantitative estimate of drug-likeness (QED) is 0.820. The van der Waals surface area contributed by atoms with Crippen molar-refractivity contribution in [2.75, 3.05) is 5.73 Å². The number of nitrogen functional groups attached to an aromatic ring is 1. The fraction of sp³-hybridized carbons (Fsp3) is 0.500. The molecule has 0 fully saturated rings. The molecule has 1 atom stereocenters. The zero-order chi connectivity index (χ0) is 11.0. The van der Waals surface area contributed by atoms with Gasteiger partial charge in [0.2, 0.25) is 5.95 Å². The molecular formula is C8H12N6S. The van der Waals surface area contributed by atoms with Crippen molar-refractivity contribution in [1.82, 2.24) is 25.2 Å². The summed E-state index contributed by atoms with van der Waals surface area (Å²) in [6.45, 7) is 5.97. The van der Waals surface area contributed by atoms with Crippen molar-refractivity contribution in [2.24, 2.45) is 0 Å². The van der Waals surface area contributed by atoms with E-state index in [4.69, 9.17) is 5.73 Å². The number of anilines is 1. The van der Waals surface area contributed by atoms with Gasteiger partial charge in [0.1, 0.15) is 0 Å². The zero-order valence-electron chi connectivity index (χ0n) is 8.80. The molecule has 2 aromatic rings. The predicted molar refractivity (Wildman–Crippen MR) is 57.6 cm³/mol. The lowest BCUT2D eigenvalue weighted by Gasteiger charge is -2.09. The Kier molecular flexibility index (Phi) is 2.39. The van der Waals surface area contributed by atoms with Crippen LogP contribution in [0.2, 0.25) is 0 Å². The van der Waals surface area contributed by atoms with Gasteiger partial charge >= 0.3 is 0 Å². The fourth-order valence-corrected chi connectivity index (χ4v) is 2.49. The van der Waals surface area contributed by atoms with Crippen LogP contribution in [0.25, 0.3) is 0 Å². The normalized spacial score (nSPS) is 13.0. The number of thiazole rings is 1. The standard InChI is InChI=1S/C8H12N6S/c1-4-7(15-6(3)10-4)5(2)14-8(9)11-12-13-14/h5H,1-3H3,(H2,9,11,13). The number of aromatic nitrogens is 5. The van der Waals surface area contributed by atoms with Crippen LogP contribution in [0.4, 0.5) is 5.95 Å². The second-order valence-corrected chi connectivity index (χ2v) is 4.57. The van der Waals surface area contributed by atoms with E-state index >= 15 is 0 Å². The Labute approximate surface area is 91.1 Å². The van der Waals surface area contributed by atoms with Gasteiger partial charge in [-0.2, -0.15) is 0 Å². The molecule has 0 aromatic carbocycles. The lowest BCUT2D eigenvalue weighted by atomic mass is 10.2. The summed E-state index contributed by atoms with van der Waals surface area (Å²) in [6.07, 6.45) is 0. The summed E-state index contributed by atoms with van der Waals surface area (Å²) < 4.78 is 1.60. The Morgan fingerprint density at radius 3 is 2.60 bits per heavy atom. The van der Waals surface area contributed by atoms with Crippen LogP contribution >= 0.6 is 11.3 Å². The highest BCUT2D eigenvalue weighted by Crippen LogP contribution is 2.27. The van der Waals surface area contributed by atoms with Gasteiger partial charge in [-0.1, -0.05) is 5.10 Å². The summed E-state index contributed by atoms with van der Waals surface area (Å²) in [5.41, 5.74) is 6.66. The van der Waals surface area contributed by atoms with E-state index in [0.717, 1.165) is 15.6 Å². The van der Waals surface area contributed by atoms with Gasteiger partial charge in [0, 0.05) is 0 Å². The van der Waals surface area contributed by atoms with Crippen LogP contribution < -0.4 is 5.73 Å². The molecule has 2 rings (SSSR count). The maximum Gasteiger partial charge on any atom is 0.240 e. The maximum atomic E-state index is 5.65. The highest BCUT2D eigenvalue weighted by molar-refractivity contribution is 7.11. The first-order chi connectivity index (χ1) is 7.09. The molecule has 0 amide bonds. The summed E-state index contributed by atoms with van der Waals surface area (Å²) in [6, 6.07) is 0.0335. The molecule has 0 saturated carbocycles. The van der Waals surface area contributed by atoms with Gasteiger partial charge in [0.05, 0.1) is 21.6 Å². The van der Waals surface area contributed by atoms with E-state index in [0.29, 0.717) is 5.95 Å². The van der Waals surface area contributed by atoms with Crippen LogP contribution in [0.1, 0.15) is 28.5 Å². The molecular weight excluding hydrogens is 212 g/mol. The van der Waals surface area contributed by atoms with Crippen molar-refractivity contribution in [3.8, 4) is 0 Å². The lowest BCUT2D eigenvalue weighted by Crippen LogP contribution is -2.11. The molecule has 0 aliphatic heterocycles. The second kappa shape index (κ2) is 3.58. The molecule has 0 aliphatic rings. The molecule has 6 nitrogen and oxygen atoms in total. The minimum absolute atomic E-state index is 0.0335. The number of nitrogens with zero attached hydrogens (tertiary/aromatic N) is 5. The summed E-state index contributed by atoms with van der Waals surface area (Å²) in [5, 5.41) is 12.1. The van der Waals surface area contributed by atoms with Crippen molar-refractivity contribution < 1.29 is 0 Å². The minimum Gasteiger partial charge on any atom is -0.367 e. The molecule has 0 spiro atoms. The third-order valence-corrected chi connectivity index (χ3v) is 3.45. The number of tetrazole rings is 1. The molecule has 0 saturated heterocycles. The van der Waals surface area contributed by atoms with Crippen molar-refractivity contribution in [3.63, 3.8) is 0 Å². The van der Waals surface area contributed by atoms with E-state index in [2.05, 4.69) is 20.5 Å². The van der Waals surface area contributed by atoms with Gasteiger partial charge in [0.15, 0.2) is 0 Å². The van der Waals surface area contributed by atoms with Gasteiger partial charge in [-0.25, -0.2) is 9.67 Å². The number of hydrogen-bond donors (Lipinski definition) is 1. The summed E-state index contributed by atoms with van der Waals surface area (Å²) in [7, 11) is 0. The van der Waals surface area contributed by atoms with Gasteiger partial charge in [-0.15, -0.1) is 11.3 Å². The van der Waals surface area contributed by atoms with E-state index in [-0.39, 0.29) is 6.04 Å². The highest BCUT2D eigenvalue weighted by Gasteiger charge is 2.17. The highest BCUT2D eigenvalue weighted by atomic mass is 32.1. The van der Waals surface area contributed by atoms with Crippen LogP contribution in [0, 0.1) is 13.8 Å². The number of nitrogens with two attached hydrogens (primary N) is 1. The largest absolute Gasteiger partial charge is 0.367 e. The molecule has 0 aliphatic carbocycles. The Bertz CT molecular complexity index is 473.